The molecule has 3 aromatic carbocycles. The van der Waals surface area contributed by atoms with Gasteiger partial charge in [0.05, 0.1) is 25.3 Å². The Morgan fingerprint density at radius 1 is 0.906 bits per heavy atom. The number of aromatic nitrogens is 4. The van der Waals surface area contributed by atoms with Gasteiger partial charge in [-0.15, -0.1) is 0 Å². The number of fused-ring (bicyclic) bond motifs is 2. The molecule has 5 aromatic rings. The van der Waals surface area contributed by atoms with Gasteiger partial charge in [-0.25, -0.2) is 14.5 Å². The van der Waals surface area contributed by atoms with E-state index >= 15 is 0 Å². The van der Waals surface area contributed by atoms with Gasteiger partial charge >= 0.3 is 0 Å². The van der Waals surface area contributed by atoms with Crippen molar-refractivity contribution in [1.82, 2.24) is 19.5 Å². The molecule has 0 saturated heterocycles. The number of nitrogen functional groups attached to an aromatic ring is 1. The molecule has 32 heavy (non-hydrogen) atoms. The Balaban J connectivity index is 1.68. The minimum atomic E-state index is 0.288. The lowest BCUT2D eigenvalue weighted by molar-refractivity contribution is 0.415. The van der Waals surface area contributed by atoms with Crippen LogP contribution < -0.4 is 20.5 Å². The number of nitrogens with one attached hydrogen (secondary N) is 1. The lowest BCUT2D eigenvalue weighted by atomic mass is 10.2. The molecule has 0 aliphatic heterocycles. The third kappa shape index (κ3) is 3.41. The summed E-state index contributed by atoms with van der Waals surface area (Å²) < 4.78 is 12.6. The number of methoxy groups -OCH3 is 2. The van der Waals surface area contributed by atoms with Crippen molar-refractivity contribution >= 4 is 33.7 Å². The van der Waals surface area contributed by atoms with Crippen molar-refractivity contribution in [3.8, 4) is 17.4 Å². The summed E-state index contributed by atoms with van der Waals surface area (Å²) in [4.78, 5) is 14.1. The van der Waals surface area contributed by atoms with E-state index in [1.807, 2.05) is 54.6 Å². The normalized spacial score (nSPS) is 11.1. The second-order valence-electron chi connectivity index (χ2n) is 7.23. The highest BCUT2D eigenvalue weighted by Crippen LogP contribution is 2.31. The summed E-state index contributed by atoms with van der Waals surface area (Å²) in [6.07, 6.45) is 0. The number of anilines is 2. The number of benzene rings is 3. The van der Waals surface area contributed by atoms with Crippen LogP contribution in [0.3, 0.4) is 0 Å². The predicted molar refractivity (Wildman–Crippen MR) is 125 cm³/mol. The maximum atomic E-state index is 6.29. The molecule has 8 nitrogen and oxygen atoms in total. The molecule has 0 saturated carbocycles. The van der Waals surface area contributed by atoms with Gasteiger partial charge in [-0.3, -0.25) is 0 Å². The molecule has 2 heterocycles. The van der Waals surface area contributed by atoms with Crippen LogP contribution in [-0.2, 0) is 6.54 Å². The Bertz CT molecular complexity index is 1420. The summed E-state index contributed by atoms with van der Waals surface area (Å²) in [7, 11) is 3.24. The Kier molecular flexibility index (Phi) is 4.95. The Labute approximate surface area is 184 Å². The molecule has 160 valence electrons. The number of nitrogens with two attached hydrogens (primary N) is 1. The van der Waals surface area contributed by atoms with Gasteiger partial charge < -0.3 is 20.5 Å². The third-order valence-electron chi connectivity index (χ3n) is 5.29. The fourth-order valence-electron chi connectivity index (χ4n) is 3.71. The number of rotatable bonds is 6. The highest BCUT2D eigenvalue weighted by Gasteiger charge is 2.17. The number of imidazole rings is 1. The van der Waals surface area contributed by atoms with E-state index in [4.69, 9.17) is 25.2 Å². The first-order valence-corrected chi connectivity index (χ1v) is 10.1. The molecular formula is C24H22N6O2. The second-order valence-corrected chi connectivity index (χ2v) is 7.23. The van der Waals surface area contributed by atoms with Gasteiger partial charge in [-0.1, -0.05) is 36.4 Å². The van der Waals surface area contributed by atoms with Crippen molar-refractivity contribution < 1.29 is 9.47 Å². The van der Waals surface area contributed by atoms with E-state index in [1.165, 1.54) is 0 Å². The number of para-hydroxylation sites is 1. The van der Waals surface area contributed by atoms with Crippen molar-refractivity contribution in [1.29, 1.82) is 0 Å². The number of hydrogen-bond acceptors (Lipinski definition) is 7. The van der Waals surface area contributed by atoms with E-state index in [2.05, 4.69) is 22.4 Å². The molecule has 0 unspecified atom stereocenters. The minimum Gasteiger partial charge on any atom is -0.497 e. The first kappa shape index (κ1) is 19.6. The maximum absolute atomic E-state index is 6.29. The van der Waals surface area contributed by atoms with Gasteiger partial charge in [0, 0.05) is 18.0 Å². The zero-order valence-corrected chi connectivity index (χ0v) is 17.7. The zero-order valence-electron chi connectivity index (χ0n) is 17.7. The van der Waals surface area contributed by atoms with Crippen LogP contribution in [0.25, 0.3) is 27.9 Å². The highest BCUT2D eigenvalue weighted by molar-refractivity contribution is 5.94. The summed E-state index contributed by atoms with van der Waals surface area (Å²) >= 11 is 0. The van der Waals surface area contributed by atoms with Gasteiger partial charge in [0.25, 0.3) is 0 Å². The molecule has 0 spiro atoms. The largest absolute Gasteiger partial charge is 0.497 e. The Morgan fingerprint density at radius 2 is 1.75 bits per heavy atom. The van der Waals surface area contributed by atoms with E-state index < -0.39 is 0 Å². The van der Waals surface area contributed by atoms with E-state index in [0.717, 1.165) is 16.5 Å². The lowest BCUT2D eigenvalue weighted by Gasteiger charge is -2.14. The van der Waals surface area contributed by atoms with Crippen LogP contribution >= 0.6 is 0 Å². The summed E-state index contributed by atoms with van der Waals surface area (Å²) in [5.74, 6) is 2.73. The van der Waals surface area contributed by atoms with Crippen molar-refractivity contribution in [3.05, 3.63) is 72.3 Å². The Hall–Kier alpha value is -4.33. The summed E-state index contributed by atoms with van der Waals surface area (Å²) in [6, 6.07) is 21.5. The predicted octanol–water partition coefficient (Wildman–Crippen LogP) is 4.18. The third-order valence-corrected chi connectivity index (χ3v) is 5.29. The number of nitrogens with zero attached hydrogens (tertiary/aromatic N) is 4. The fraction of sp³-hybridized carbons (Fsp3) is 0.125. The standard InChI is InChI=1S/C24H22N6O2/c1-31-16-11-12-19-18(13-16)27-23(25)30(19)24-28-21-17(9-6-10-20(21)32-2)22(29-24)26-14-15-7-4-3-5-8-15/h3-13H,14H2,1-2H3,(H2,25,27)(H,26,28,29). The van der Waals surface area contributed by atoms with E-state index in [1.54, 1.807) is 18.8 Å². The summed E-state index contributed by atoms with van der Waals surface area (Å²) in [5.41, 5.74) is 9.60. The zero-order chi connectivity index (χ0) is 22.1. The van der Waals surface area contributed by atoms with Crippen LogP contribution in [-0.4, -0.2) is 33.7 Å². The van der Waals surface area contributed by atoms with Crippen molar-refractivity contribution in [2.75, 3.05) is 25.3 Å². The molecule has 8 heteroatoms. The van der Waals surface area contributed by atoms with Crippen molar-refractivity contribution in [3.63, 3.8) is 0 Å². The first-order valence-electron chi connectivity index (χ1n) is 10.1. The van der Waals surface area contributed by atoms with Gasteiger partial charge in [0.1, 0.15) is 22.8 Å². The van der Waals surface area contributed by atoms with Crippen LogP contribution in [0.1, 0.15) is 5.56 Å². The van der Waals surface area contributed by atoms with Crippen LogP contribution in [0.2, 0.25) is 0 Å². The number of ether oxygens (including phenoxy) is 2. The van der Waals surface area contributed by atoms with Crippen LogP contribution in [0, 0.1) is 0 Å². The molecule has 0 amide bonds. The number of hydrogen-bond donors (Lipinski definition) is 2. The molecule has 0 bridgehead atoms. The monoisotopic (exact) mass is 426 g/mol. The molecule has 0 fully saturated rings. The molecule has 0 aliphatic rings. The topological polar surface area (TPSA) is 100 Å². The van der Waals surface area contributed by atoms with E-state index in [9.17, 15) is 0 Å². The fourth-order valence-corrected chi connectivity index (χ4v) is 3.71. The van der Waals surface area contributed by atoms with Crippen LogP contribution in [0.5, 0.6) is 11.5 Å². The molecule has 5 rings (SSSR count). The molecule has 0 radical (unpaired) electrons. The summed E-state index contributed by atoms with van der Waals surface area (Å²) in [6.45, 7) is 0.612. The molecule has 3 N–H and O–H groups in total. The van der Waals surface area contributed by atoms with Crippen LogP contribution in [0.4, 0.5) is 11.8 Å². The minimum absolute atomic E-state index is 0.288. The van der Waals surface area contributed by atoms with Crippen molar-refractivity contribution in [2.45, 2.75) is 6.54 Å². The molecule has 0 aliphatic carbocycles. The first-order chi connectivity index (χ1) is 15.7. The SMILES string of the molecule is COc1ccc2c(c1)nc(N)n2-c1nc(NCc2ccccc2)c2cccc(OC)c2n1. The molecule has 0 atom stereocenters. The smallest absolute Gasteiger partial charge is 0.239 e. The summed E-state index contributed by atoms with van der Waals surface area (Å²) in [5, 5.41) is 4.30. The van der Waals surface area contributed by atoms with E-state index in [-0.39, 0.29) is 5.95 Å². The maximum Gasteiger partial charge on any atom is 0.239 e. The average molecular weight is 426 g/mol. The van der Waals surface area contributed by atoms with Crippen molar-refractivity contribution in [2.24, 2.45) is 0 Å². The average Bonchev–Trinajstić information content (AvgIpc) is 3.17. The Morgan fingerprint density at radius 3 is 2.53 bits per heavy atom. The van der Waals surface area contributed by atoms with Crippen LogP contribution in [0.15, 0.2) is 66.7 Å². The van der Waals surface area contributed by atoms with Gasteiger partial charge in [0.15, 0.2) is 0 Å². The molecular weight excluding hydrogens is 404 g/mol. The van der Waals surface area contributed by atoms with Gasteiger partial charge in [0.2, 0.25) is 11.9 Å². The van der Waals surface area contributed by atoms with Gasteiger partial charge in [-0.05, 0) is 29.8 Å². The quantitative estimate of drug-likeness (QED) is 0.420. The van der Waals surface area contributed by atoms with Gasteiger partial charge in [-0.2, -0.15) is 4.98 Å². The van der Waals surface area contributed by atoms with E-state index in [0.29, 0.717) is 40.8 Å². The highest BCUT2D eigenvalue weighted by atomic mass is 16.5. The second kappa shape index (κ2) is 8.07. The lowest BCUT2D eigenvalue weighted by Crippen LogP contribution is -2.10. The molecule has 2 aromatic heterocycles.